The molecule has 0 saturated heterocycles. The minimum absolute atomic E-state index is 0.106. The van der Waals surface area contributed by atoms with Gasteiger partial charge in [0.15, 0.2) is 11.0 Å². The second-order valence-electron chi connectivity index (χ2n) is 7.81. The first-order valence-corrected chi connectivity index (χ1v) is 10.4. The highest BCUT2D eigenvalue weighted by Gasteiger charge is 2.19. The zero-order valence-corrected chi connectivity index (χ0v) is 17.8. The second kappa shape index (κ2) is 7.83. The van der Waals surface area contributed by atoms with Gasteiger partial charge in [0.1, 0.15) is 0 Å². The topological polar surface area (TPSA) is 69.6 Å². The third kappa shape index (κ3) is 4.24. The highest BCUT2D eigenvalue weighted by molar-refractivity contribution is 7.98. The molecule has 0 unspecified atom stereocenters. The van der Waals surface area contributed by atoms with Crippen LogP contribution in [0.15, 0.2) is 64.2 Å². The Morgan fingerprint density at radius 3 is 2.24 bits per heavy atom. The fourth-order valence-corrected chi connectivity index (χ4v) is 3.79. The molecule has 2 heterocycles. The van der Waals surface area contributed by atoms with Crippen molar-refractivity contribution in [3.63, 3.8) is 0 Å². The smallest absolute Gasteiger partial charge is 0.226 e. The lowest BCUT2D eigenvalue weighted by molar-refractivity contribution is 0.485. The quantitative estimate of drug-likeness (QED) is 0.424. The van der Waals surface area contributed by atoms with E-state index in [-0.39, 0.29) is 5.41 Å². The predicted octanol–water partition coefficient (Wildman–Crippen LogP) is 5.22. The van der Waals surface area contributed by atoms with Crippen LogP contribution in [0.1, 0.15) is 38.1 Å². The number of thioether (sulfide) groups is 1. The Labute approximate surface area is 174 Å². The van der Waals surface area contributed by atoms with Crippen LogP contribution in [0.5, 0.6) is 0 Å². The maximum absolute atomic E-state index is 5.49. The molecule has 0 spiro atoms. The minimum atomic E-state index is 0.106. The molecule has 0 aliphatic carbocycles. The number of benzene rings is 2. The Bertz CT molecular complexity index is 1090. The van der Waals surface area contributed by atoms with E-state index in [0.29, 0.717) is 17.5 Å². The van der Waals surface area contributed by atoms with Gasteiger partial charge in [0.25, 0.3) is 0 Å². The zero-order chi connectivity index (χ0) is 20.4. The Morgan fingerprint density at radius 1 is 0.897 bits per heavy atom. The highest BCUT2D eigenvalue weighted by atomic mass is 32.2. The molecular weight excluding hydrogens is 382 g/mol. The summed E-state index contributed by atoms with van der Waals surface area (Å²) in [7, 11) is 0. The molecule has 4 aromatic rings. The van der Waals surface area contributed by atoms with E-state index in [1.165, 1.54) is 17.3 Å². The fraction of sp³-hybridized carbons (Fsp3) is 0.273. The van der Waals surface area contributed by atoms with Crippen molar-refractivity contribution < 1.29 is 4.42 Å². The van der Waals surface area contributed by atoms with E-state index >= 15 is 0 Å². The summed E-state index contributed by atoms with van der Waals surface area (Å²) < 4.78 is 7.56. The molecular formula is C22H23N5OS. The van der Waals surface area contributed by atoms with Crippen molar-refractivity contribution in [1.29, 1.82) is 0 Å². The molecule has 29 heavy (non-hydrogen) atoms. The van der Waals surface area contributed by atoms with Crippen molar-refractivity contribution in [3.05, 3.63) is 71.9 Å². The Kier molecular flexibility index (Phi) is 5.24. The molecule has 0 radical (unpaired) electrons. The third-order valence-electron chi connectivity index (χ3n) is 4.55. The van der Waals surface area contributed by atoms with Gasteiger partial charge in [0, 0.05) is 18.2 Å². The van der Waals surface area contributed by atoms with Crippen molar-refractivity contribution in [2.24, 2.45) is 0 Å². The summed E-state index contributed by atoms with van der Waals surface area (Å²) in [6.45, 7) is 8.42. The van der Waals surface area contributed by atoms with Gasteiger partial charge in [-0.1, -0.05) is 75.0 Å². The average Bonchev–Trinajstić information content (AvgIpc) is 3.32. The molecule has 7 heteroatoms. The van der Waals surface area contributed by atoms with E-state index in [9.17, 15) is 0 Å². The molecule has 0 N–H and O–H groups in total. The molecule has 0 fully saturated rings. The van der Waals surface area contributed by atoms with Crippen LogP contribution in [0.25, 0.3) is 17.1 Å². The summed E-state index contributed by atoms with van der Waals surface area (Å²) in [5.41, 5.74) is 3.43. The number of para-hydroxylation sites is 1. The van der Waals surface area contributed by atoms with E-state index in [0.717, 1.165) is 22.2 Å². The summed E-state index contributed by atoms with van der Waals surface area (Å²) in [5.74, 6) is 2.48. The van der Waals surface area contributed by atoms with Crippen LogP contribution in [0.2, 0.25) is 0 Å². The van der Waals surface area contributed by atoms with E-state index < -0.39 is 0 Å². The monoisotopic (exact) mass is 405 g/mol. The number of aromatic nitrogens is 5. The van der Waals surface area contributed by atoms with Gasteiger partial charge in [0.2, 0.25) is 11.8 Å². The van der Waals surface area contributed by atoms with Crippen molar-refractivity contribution in [2.45, 2.75) is 44.0 Å². The number of aryl methyl sites for hydroxylation is 1. The average molecular weight is 406 g/mol. The summed E-state index contributed by atoms with van der Waals surface area (Å²) in [6, 6.07) is 18.7. The first-order valence-electron chi connectivity index (χ1n) is 9.45. The lowest BCUT2D eigenvalue weighted by Gasteiger charge is -2.19. The minimum Gasteiger partial charge on any atom is -0.425 e. The maximum atomic E-state index is 5.49. The van der Waals surface area contributed by atoms with Crippen LogP contribution >= 0.6 is 11.8 Å². The van der Waals surface area contributed by atoms with Gasteiger partial charge in [0.05, 0.1) is 5.75 Å². The molecule has 0 saturated carbocycles. The highest BCUT2D eigenvalue weighted by Crippen LogP contribution is 2.31. The second-order valence-corrected chi connectivity index (χ2v) is 8.75. The Morgan fingerprint density at radius 2 is 1.62 bits per heavy atom. The van der Waals surface area contributed by atoms with Crippen molar-refractivity contribution in [1.82, 2.24) is 25.0 Å². The number of hydrogen-bond donors (Lipinski definition) is 0. The van der Waals surface area contributed by atoms with E-state index in [1.807, 2.05) is 18.2 Å². The maximum Gasteiger partial charge on any atom is 0.226 e. The fourth-order valence-electron chi connectivity index (χ4n) is 3.00. The molecule has 0 aliphatic heterocycles. The first kappa shape index (κ1) is 19.4. The van der Waals surface area contributed by atoms with E-state index in [2.05, 4.69) is 82.1 Å². The van der Waals surface area contributed by atoms with Gasteiger partial charge in [-0.25, -0.2) is 0 Å². The van der Waals surface area contributed by atoms with Crippen molar-refractivity contribution in [2.75, 3.05) is 0 Å². The Hall–Kier alpha value is -2.93. The molecule has 0 bridgehead atoms. The zero-order valence-electron chi connectivity index (χ0n) is 17.0. The first-order chi connectivity index (χ1) is 13.9. The van der Waals surface area contributed by atoms with Gasteiger partial charge in [-0.3, -0.25) is 4.57 Å². The lowest BCUT2D eigenvalue weighted by Crippen LogP contribution is -2.10. The standard InChI is InChI=1S/C22H23N5OS/c1-15-23-24-19(28-15)14-29-21-26-25-20(27(21)18-8-6-5-7-9-18)16-10-12-17(13-11-16)22(2,3)4/h5-13H,14H2,1-4H3. The van der Waals surface area contributed by atoms with Crippen LogP contribution in [0.3, 0.4) is 0 Å². The molecule has 2 aromatic carbocycles. The summed E-state index contributed by atoms with van der Waals surface area (Å²) in [5, 5.41) is 17.7. The van der Waals surface area contributed by atoms with Crippen LogP contribution in [0.4, 0.5) is 0 Å². The molecule has 148 valence electrons. The molecule has 2 aromatic heterocycles. The van der Waals surface area contributed by atoms with Gasteiger partial charge in [-0.05, 0) is 23.1 Å². The molecule has 0 atom stereocenters. The molecule has 0 aliphatic rings. The number of nitrogens with zero attached hydrogens (tertiary/aromatic N) is 5. The van der Waals surface area contributed by atoms with Crippen molar-refractivity contribution in [3.8, 4) is 17.1 Å². The van der Waals surface area contributed by atoms with Crippen LogP contribution in [-0.4, -0.2) is 25.0 Å². The van der Waals surface area contributed by atoms with Gasteiger partial charge < -0.3 is 4.42 Å². The summed E-state index contributed by atoms with van der Waals surface area (Å²) >= 11 is 1.52. The SMILES string of the molecule is Cc1nnc(CSc2nnc(-c3ccc(C(C)(C)C)cc3)n2-c2ccccc2)o1. The van der Waals surface area contributed by atoms with Gasteiger partial charge in [-0.15, -0.1) is 20.4 Å². The third-order valence-corrected chi connectivity index (χ3v) is 5.46. The van der Waals surface area contributed by atoms with Crippen LogP contribution in [0, 0.1) is 6.92 Å². The van der Waals surface area contributed by atoms with Gasteiger partial charge in [-0.2, -0.15) is 0 Å². The molecule has 6 nitrogen and oxygen atoms in total. The van der Waals surface area contributed by atoms with E-state index in [1.54, 1.807) is 6.92 Å². The number of rotatable bonds is 5. The summed E-state index contributed by atoms with van der Waals surface area (Å²) in [6.07, 6.45) is 0. The largest absolute Gasteiger partial charge is 0.425 e. The molecule has 4 rings (SSSR count). The Balaban J connectivity index is 1.71. The van der Waals surface area contributed by atoms with Gasteiger partial charge >= 0.3 is 0 Å². The molecule has 0 amide bonds. The lowest BCUT2D eigenvalue weighted by atomic mass is 9.87. The normalized spacial score (nSPS) is 11.7. The predicted molar refractivity (Wildman–Crippen MR) is 114 cm³/mol. The number of hydrogen-bond acceptors (Lipinski definition) is 6. The van der Waals surface area contributed by atoms with E-state index in [4.69, 9.17) is 4.42 Å². The van der Waals surface area contributed by atoms with Crippen LogP contribution in [-0.2, 0) is 11.2 Å². The van der Waals surface area contributed by atoms with Crippen molar-refractivity contribution >= 4 is 11.8 Å². The summed E-state index contributed by atoms with van der Waals surface area (Å²) in [4.78, 5) is 0. The van der Waals surface area contributed by atoms with Crippen LogP contribution < -0.4 is 0 Å².